The highest BCUT2D eigenvalue weighted by Crippen LogP contribution is 2.26. The predicted octanol–water partition coefficient (Wildman–Crippen LogP) is 7.24. The summed E-state index contributed by atoms with van der Waals surface area (Å²) in [6.45, 7) is 13.7. The van der Waals surface area contributed by atoms with E-state index in [-0.39, 0.29) is 18.0 Å². The maximum Gasteiger partial charge on any atom is 0.271 e. The van der Waals surface area contributed by atoms with Gasteiger partial charge >= 0.3 is 0 Å². The monoisotopic (exact) mass is 549 g/mol. The number of nitrogens with zero attached hydrogens (tertiary/aromatic N) is 5. The van der Waals surface area contributed by atoms with E-state index in [1.165, 1.54) is 0 Å². The van der Waals surface area contributed by atoms with Crippen LogP contribution in [0.4, 0.5) is 5.69 Å². The van der Waals surface area contributed by atoms with Crippen LogP contribution in [0.1, 0.15) is 103 Å². The second-order valence-corrected chi connectivity index (χ2v) is 10.8. The lowest BCUT2D eigenvalue weighted by atomic mass is 9.95. The van der Waals surface area contributed by atoms with Gasteiger partial charge in [0.1, 0.15) is 11.6 Å². The molecule has 218 valence electrons. The van der Waals surface area contributed by atoms with Crippen molar-refractivity contribution in [3.05, 3.63) is 41.0 Å². The SMILES string of the molecule is CCCCC(CC)CN(CC(CC)CCCC)C(=O)c1cccc(N=NC2C(=O)N(CC)C(=O)C(C#N)=C2C)c1. The zero-order valence-corrected chi connectivity index (χ0v) is 25.3. The second-order valence-electron chi connectivity index (χ2n) is 10.8. The van der Waals surface area contributed by atoms with Crippen molar-refractivity contribution in [1.82, 2.24) is 9.80 Å². The molecule has 0 aliphatic carbocycles. The molecule has 8 nitrogen and oxygen atoms in total. The highest BCUT2D eigenvalue weighted by Gasteiger charge is 2.38. The molecule has 1 aliphatic rings. The highest BCUT2D eigenvalue weighted by atomic mass is 16.2. The summed E-state index contributed by atoms with van der Waals surface area (Å²) in [5, 5.41) is 18.0. The van der Waals surface area contributed by atoms with Gasteiger partial charge in [0.25, 0.3) is 17.7 Å². The van der Waals surface area contributed by atoms with Crippen LogP contribution in [0.5, 0.6) is 0 Å². The van der Waals surface area contributed by atoms with Crippen molar-refractivity contribution >= 4 is 23.4 Å². The van der Waals surface area contributed by atoms with Crippen LogP contribution in [0.15, 0.2) is 45.6 Å². The van der Waals surface area contributed by atoms with Crippen molar-refractivity contribution in [2.75, 3.05) is 19.6 Å². The standard InChI is InChI=1S/C32H47N5O3/c1-7-12-15-24(9-3)21-36(22-25(10-4)16-13-8-2)30(38)26-17-14-18-27(19-26)34-35-29-23(6)28(20-33)31(39)37(11-5)32(29)40/h14,17-19,24-25,29H,7-13,15-16,21-22H2,1-6H3. The molecule has 0 saturated heterocycles. The fourth-order valence-corrected chi connectivity index (χ4v) is 5.15. The van der Waals surface area contributed by atoms with Gasteiger partial charge in [-0.25, -0.2) is 0 Å². The Morgan fingerprint density at radius 1 is 1.02 bits per heavy atom. The molecule has 1 heterocycles. The Morgan fingerprint density at radius 3 is 2.12 bits per heavy atom. The molecule has 2 rings (SSSR count). The lowest BCUT2D eigenvalue weighted by Crippen LogP contribution is -2.47. The number of hydrogen-bond acceptors (Lipinski definition) is 6. The van der Waals surface area contributed by atoms with Crippen molar-refractivity contribution in [3.8, 4) is 6.07 Å². The molecular weight excluding hydrogens is 502 g/mol. The van der Waals surface area contributed by atoms with E-state index < -0.39 is 17.9 Å². The number of likely N-dealkylation sites (N-methyl/N-ethyl adjacent to an activating group) is 1. The van der Waals surface area contributed by atoms with Gasteiger partial charge in [0.15, 0.2) is 6.04 Å². The Balaban J connectivity index is 2.34. The number of hydrogen-bond donors (Lipinski definition) is 0. The number of benzene rings is 1. The van der Waals surface area contributed by atoms with Crippen LogP contribution in [0.3, 0.4) is 0 Å². The first kappa shape index (κ1) is 32.9. The van der Waals surface area contributed by atoms with Crippen LogP contribution in [0, 0.1) is 23.2 Å². The number of azo groups is 1. The van der Waals surface area contributed by atoms with Gasteiger partial charge in [0.05, 0.1) is 5.69 Å². The Morgan fingerprint density at radius 2 is 1.62 bits per heavy atom. The summed E-state index contributed by atoms with van der Waals surface area (Å²) < 4.78 is 0. The predicted molar refractivity (Wildman–Crippen MR) is 158 cm³/mol. The van der Waals surface area contributed by atoms with Gasteiger partial charge in [0.2, 0.25) is 0 Å². The minimum absolute atomic E-state index is 0.0127. The Hall–Kier alpha value is -3.34. The molecule has 1 aromatic rings. The normalized spacial score (nSPS) is 17.3. The Bertz CT molecular complexity index is 1100. The molecular formula is C32H47N5O3. The summed E-state index contributed by atoms with van der Waals surface area (Å²) in [5.41, 5.74) is 1.20. The van der Waals surface area contributed by atoms with E-state index in [4.69, 9.17) is 0 Å². The molecule has 0 spiro atoms. The lowest BCUT2D eigenvalue weighted by molar-refractivity contribution is -0.143. The van der Waals surface area contributed by atoms with Crippen molar-refractivity contribution in [1.29, 1.82) is 5.26 Å². The summed E-state index contributed by atoms with van der Waals surface area (Å²) in [7, 11) is 0. The average molecular weight is 550 g/mol. The van der Waals surface area contributed by atoms with Crippen molar-refractivity contribution in [3.63, 3.8) is 0 Å². The number of rotatable bonds is 16. The van der Waals surface area contributed by atoms with Gasteiger partial charge in [-0.05, 0) is 62.3 Å². The van der Waals surface area contributed by atoms with Gasteiger partial charge in [-0.3, -0.25) is 19.3 Å². The fourth-order valence-electron chi connectivity index (χ4n) is 5.15. The quantitative estimate of drug-likeness (QED) is 0.160. The molecule has 0 aromatic heterocycles. The van der Waals surface area contributed by atoms with Crippen molar-refractivity contribution in [2.45, 2.75) is 99.0 Å². The number of imide groups is 1. The smallest absolute Gasteiger partial charge is 0.271 e. The zero-order valence-electron chi connectivity index (χ0n) is 25.3. The molecule has 8 heteroatoms. The summed E-state index contributed by atoms with van der Waals surface area (Å²) >= 11 is 0. The Kier molecular flexibility index (Phi) is 13.7. The number of carbonyl (C=O) groups excluding carboxylic acids is 3. The number of carbonyl (C=O) groups is 3. The van der Waals surface area contributed by atoms with Gasteiger partial charge in [-0.1, -0.05) is 72.3 Å². The topological polar surface area (TPSA) is 106 Å². The first-order valence-corrected chi connectivity index (χ1v) is 15.0. The van der Waals surface area contributed by atoms with Crippen molar-refractivity contribution < 1.29 is 14.4 Å². The summed E-state index contributed by atoms with van der Waals surface area (Å²) in [5.74, 6) is -0.190. The number of nitriles is 1. The van der Waals surface area contributed by atoms with Crippen LogP contribution in [-0.2, 0) is 9.59 Å². The van der Waals surface area contributed by atoms with E-state index in [0.29, 0.717) is 28.7 Å². The molecule has 0 radical (unpaired) electrons. The lowest BCUT2D eigenvalue weighted by Gasteiger charge is -2.31. The van der Waals surface area contributed by atoms with Crippen LogP contribution in [-0.4, -0.2) is 53.2 Å². The molecule has 0 saturated carbocycles. The van der Waals surface area contributed by atoms with Gasteiger partial charge in [-0.15, -0.1) is 0 Å². The zero-order chi connectivity index (χ0) is 29.7. The maximum absolute atomic E-state index is 13.9. The van der Waals surface area contributed by atoms with Crippen LogP contribution < -0.4 is 0 Å². The van der Waals surface area contributed by atoms with E-state index in [0.717, 1.165) is 69.4 Å². The third kappa shape index (κ3) is 8.58. The van der Waals surface area contributed by atoms with Gasteiger partial charge in [0, 0.05) is 25.2 Å². The summed E-state index contributed by atoms with van der Waals surface area (Å²) in [6.07, 6.45) is 8.90. The number of amides is 3. The van der Waals surface area contributed by atoms with Gasteiger partial charge < -0.3 is 4.90 Å². The van der Waals surface area contributed by atoms with Crippen molar-refractivity contribution in [2.24, 2.45) is 22.1 Å². The summed E-state index contributed by atoms with van der Waals surface area (Å²) in [6, 6.07) is 7.87. The second kappa shape index (κ2) is 16.7. The van der Waals surface area contributed by atoms with E-state index in [9.17, 15) is 19.6 Å². The largest absolute Gasteiger partial charge is 0.338 e. The van der Waals surface area contributed by atoms with Gasteiger partial charge in [-0.2, -0.15) is 15.5 Å². The molecule has 1 aromatic carbocycles. The molecule has 0 bridgehead atoms. The third-order valence-corrected chi connectivity index (χ3v) is 7.90. The minimum Gasteiger partial charge on any atom is -0.338 e. The van der Waals surface area contributed by atoms with Crippen LogP contribution in [0.25, 0.3) is 0 Å². The molecule has 3 unspecified atom stereocenters. The molecule has 3 atom stereocenters. The molecule has 40 heavy (non-hydrogen) atoms. The third-order valence-electron chi connectivity index (χ3n) is 7.90. The van der Waals surface area contributed by atoms with E-state index in [1.54, 1.807) is 38.1 Å². The Labute approximate surface area is 240 Å². The highest BCUT2D eigenvalue weighted by molar-refractivity contribution is 6.12. The molecule has 3 amide bonds. The molecule has 1 aliphatic heterocycles. The first-order chi connectivity index (χ1) is 19.3. The fraction of sp³-hybridized carbons (Fsp3) is 0.625. The summed E-state index contributed by atoms with van der Waals surface area (Å²) in [4.78, 5) is 42.2. The molecule has 0 N–H and O–H groups in total. The van der Waals surface area contributed by atoms with E-state index in [2.05, 4.69) is 37.9 Å². The van der Waals surface area contributed by atoms with E-state index >= 15 is 0 Å². The molecule has 0 fully saturated rings. The van der Waals surface area contributed by atoms with E-state index in [1.807, 2.05) is 11.0 Å². The maximum atomic E-state index is 13.9. The van der Waals surface area contributed by atoms with Crippen LogP contribution >= 0.6 is 0 Å². The van der Waals surface area contributed by atoms with Crippen LogP contribution in [0.2, 0.25) is 0 Å². The average Bonchev–Trinajstić information content (AvgIpc) is 2.96. The number of unbranched alkanes of at least 4 members (excludes halogenated alkanes) is 2. The minimum atomic E-state index is -1.05. The first-order valence-electron chi connectivity index (χ1n) is 15.0.